The molecule has 2 fully saturated rings. The molecule has 0 radical (unpaired) electrons. The van der Waals surface area contributed by atoms with Gasteiger partial charge in [-0.3, -0.25) is 4.79 Å². The predicted molar refractivity (Wildman–Crippen MR) is 98.1 cm³/mol. The van der Waals surface area contributed by atoms with Gasteiger partial charge in [-0.25, -0.2) is 4.98 Å². The van der Waals surface area contributed by atoms with Gasteiger partial charge in [0, 0.05) is 19.0 Å². The van der Waals surface area contributed by atoms with Crippen molar-refractivity contribution in [3.63, 3.8) is 0 Å². The number of aromatic nitrogens is 5. The van der Waals surface area contributed by atoms with E-state index < -0.39 is 6.10 Å². The van der Waals surface area contributed by atoms with Crippen LogP contribution in [0.15, 0.2) is 24.7 Å². The molecule has 2 saturated heterocycles. The molecule has 2 aromatic heterocycles. The van der Waals surface area contributed by atoms with Gasteiger partial charge in [-0.1, -0.05) is 0 Å². The number of halogens is 2. The first-order valence-electron chi connectivity index (χ1n) is 8.18. The minimum Gasteiger partial charge on any atom is -0.479 e. The Morgan fingerprint density at radius 1 is 1.15 bits per heavy atom. The summed E-state index contributed by atoms with van der Waals surface area (Å²) >= 11 is 0. The Kier molecular flexibility index (Phi) is 7.13. The van der Waals surface area contributed by atoms with Crippen molar-refractivity contribution < 1.29 is 9.53 Å². The zero-order valence-corrected chi connectivity index (χ0v) is 15.7. The molecule has 2 aliphatic heterocycles. The highest BCUT2D eigenvalue weighted by molar-refractivity contribution is 5.85. The Hall–Kier alpha value is -1.97. The van der Waals surface area contributed by atoms with E-state index in [2.05, 4.69) is 25.8 Å². The topological polar surface area (TPSA) is 98.1 Å². The molecule has 0 spiro atoms. The van der Waals surface area contributed by atoms with E-state index in [1.807, 2.05) is 4.90 Å². The summed E-state index contributed by atoms with van der Waals surface area (Å²) < 4.78 is 7.31. The van der Waals surface area contributed by atoms with Gasteiger partial charge in [0.05, 0.1) is 6.20 Å². The summed E-state index contributed by atoms with van der Waals surface area (Å²) in [5.74, 6) is 1.27. The predicted octanol–water partition coefficient (Wildman–Crippen LogP) is 0.633. The van der Waals surface area contributed by atoms with Crippen LogP contribution in [-0.4, -0.2) is 67.8 Å². The van der Waals surface area contributed by atoms with E-state index in [0.29, 0.717) is 17.6 Å². The first kappa shape index (κ1) is 20.3. The van der Waals surface area contributed by atoms with Crippen molar-refractivity contribution in [2.75, 3.05) is 19.6 Å². The summed E-state index contributed by atoms with van der Waals surface area (Å²) in [6.07, 6.45) is 5.40. The third-order valence-corrected chi connectivity index (χ3v) is 4.52. The second kappa shape index (κ2) is 9.11. The molecule has 4 heterocycles. The fourth-order valence-electron chi connectivity index (χ4n) is 3.27. The van der Waals surface area contributed by atoms with Gasteiger partial charge in [-0.15, -0.1) is 29.9 Å². The molecule has 2 aliphatic rings. The van der Waals surface area contributed by atoms with Gasteiger partial charge < -0.3 is 15.0 Å². The highest BCUT2D eigenvalue weighted by Gasteiger charge is 2.37. The molecule has 26 heavy (non-hydrogen) atoms. The van der Waals surface area contributed by atoms with Crippen LogP contribution in [0.1, 0.15) is 19.3 Å². The highest BCUT2D eigenvalue weighted by Crippen LogP contribution is 2.24. The molecule has 1 amide bonds. The molecule has 1 unspecified atom stereocenters. The summed E-state index contributed by atoms with van der Waals surface area (Å²) in [5, 5.41) is 14.3. The summed E-state index contributed by atoms with van der Waals surface area (Å²) in [6, 6.07) is 3.88. The molecule has 1 atom stereocenters. The maximum Gasteiger partial charge on any atom is 0.263 e. The summed E-state index contributed by atoms with van der Waals surface area (Å²) in [5.41, 5.74) is 0. The van der Waals surface area contributed by atoms with Crippen LogP contribution < -0.4 is 10.1 Å². The number of nitrogens with zero attached hydrogens (tertiary/aromatic N) is 6. The quantitative estimate of drug-likeness (QED) is 0.801. The Morgan fingerprint density at radius 2 is 1.96 bits per heavy atom. The Bertz CT molecular complexity index is 693. The van der Waals surface area contributed by atoms with Gasteiger partial charge in [0.15, 0.2) is 11.9 Å². The summed E-state index contributed by atoms with van der Waals surface area (Å²) in [7, 11) is 0. The molecule has 142 valence electrons. The number of likely N-dealkylation sites (tertiary alicyclic amines) is 1. The van der Waals surface area contributed by atoms with Gasteiger partial charge in [0.1, 0.15) is 12.1 Å². The second-order valence-electron chi connectivity index (χ2n) is 6.01. The summed E-state index contributed by atoms with van der Waals surface area (Å²) in [4.78, 5) is 18.8. The molecule has 9 nitrogen and oxygen atoms in total. The Morgan fingerprint density at radius 3 is 2.62 bits per heavy atom. The van der Waals surface area contributed by atoms with Crippen molar-refractivity contribution in [3.05, 3.63) is 24.7 Å². The van der Waals surface area contributed by atoms with Crippen LogP contribution in [0.5, 0.6) is 5.75 Å². The first-order valence-corrected chi connectivity index (χ1v) is 8.18. The van der Waals surface area contributed by atoms with Crippen LogP contribution in [0, 0.1) is 0 Å². The van der Waals surface area contributed by atoms with E-state index in [4.69, 9.17) is 4.74 Å². The standard InChI is InChI=1S/C15H19N7O2.2ClH/c23-15-13(5-8-21(15)11-3-6-16-7-4-11)24-12-1-2-14(17-9-12)22-10-18-19-20-22;;/h1-2,9-11,13,16H,3-8H2;2*1H. The van der Waals surface area contributed by atoms with Crippen LogP contribution in [0.3, 0.4) is 0 Å². The number of rotatable bonds is 4. The van der Waals surface area contributed by atoms with Crippen molar-refractivity contribution in [2.24, 2.45) is 0 Å². The van der Waals surface area contributed by atoms with E-state index >= 15 is 0 Å². The van der Waals surface area contributed by atoms with Gasteiger partial charge in [-0.2, -0.15) is 4.68 Å². The molecule has 0 bridgehead atoms. The normalized spacial score (nSPS) is 20.4. The molecule has 2 aromatic rings. The minimum atomic E-state index is -0.416. The Labute approximate surface area is 163 Å². The van der Waals surface area contributed by atoms with Crippen molar-refractivity contribution in [3.8, 4) is 11.6 Å². The van der Waals surface area contributed by atoms with Crippen LogP contribution in [0.2, 0.25) is 0 Å². The third kappa shape index (κ3) is 4.22. The molecule has 4 rings (SSSR count). The van der Waals surface area contributed by atoms with E-state index in [0.717, 1.165) is 38.9 Å². The zero-order chi connectivity index (χ0) is 16.4. The molecular formula is C15H21Cl2N7O2. The van der Waals surface area contributed by atoms with Crippen molar-refractivity contribution in [1.29, 1.82) is 0 Å². The number of pyridine rings is 1. The zero-order valence-electron chi connectivity index (χ0n) is 14.0. The lowest BCUT2D eigenvalue weighted by Crippen LogP contribution is -2.45. The highest BCUT2D eigenvalue weighted by atomic mass is 35.5. The Balaban J connectivity index is 0.00000121. The van der Waals surface area contributed by atoms with Crippen LogP contribution in [0.4, 0.5) is 0 Å². The van der Waals surface area contributed by atoms with Gasteiger partial charge in [-0.05, 0) is 48.5 Å². The maximum absolute atomic E-state index is 12.6. The average molecular weight is 402 g/mol. The molecular weight excluding hydrogens is 381 g/mol. The number of amides is 1. The molecule has 0 aliphatic carbocycles. The lowest BCUT2D eigenvalue weighted by atomic mass is 10.1. The van der Waals surface area contributed by atoms with Crippen molar-refractivity contribution in [2.45, 2.75) is 31.4 Å². The number of tetrazole rings is 1. The number of ether oxygens (including phenoxy) is 1. The second-order valence-corrected chi connectivity index (χ2v) is 6.01. The minimum absolute atomic E-state index is 0. The SMILES string of the molecule is Cl.Cl.O=C1C(Oc2ccc(-n3cnnn3)nc2)CCN1C1CCNCC1. The van der Waals surface area contributed by atoms with E-state index in [1.165, 1.54) is 11.0 Å². The number of carbonyl (C=O) groups excluding carboxylic acids is 1. The molecule has 1 N–H and O–H groups in total. The van der Waals surface area contributed by atoms with Crippen LogP contribution in [0.25, 0.3) is 5.82 Å². The monoisotopic (exact) mass is 401 g/mol. The van der Waals surface area contributed by atoms with E-state index in [1.54, 1.807) is 18.3 Å². The van der Waals surface area contributed by atoms with Crippen molar-refractivity contribution >= 4 is 30.7 Å². The lowest BCUT2D eigenvalue weighted by molar-refractivity contribution is -0.135. The fraction of sp³-hybridized carbons (Fsp3) is 0.533. The van der Waals surface area contributed by atoms with Gasteiger partial charge >= 0.3 is 0 Å². The molecule has 0 aromatic carbocycles. The largest absolute Gasteiger partial charge is 0.479 e. The number of hydrogen-bond acceptors (Lipinski definition) is 7. The van der Waals surface area contributed by atoms with Crippen LogP contribution >= 0.6 is 24.8 Å². The number of carbonyl (C=O) groups is 1. The number of hydrogen-bond donors (Lipinski definition) is 1. The third-order valence-electron chi connectivity index (χ3n) is 4.52. The van der Waals surface area contributed by atoms with E-state index in [-0.39, 0.29) is 30.7 Å². The van der Waals surface area contributed by atoms with Gasteiger partial charge in [0.2, 0.25) is 0 Å². The maximum atomic E-state index is 12.6. The van der Waals surface area contributed by atoms with Gasteiger partial charge in [0.25, 0.3) is 5.91 Å². The van der Waals surface area contributed by atoms with E-state index in [9.17, 15) is 4.79 Å². The van der Waals surface area contributed by atoms with Crippen LogP contribution in [-0.2, 0) is 4.79 Å². The van der Waals surface area contributed by atoms with Crippen molar-refractivity contribution in [1.82, 2.24) is 35.4 Å². The number of nitrogens with one attached hydrogen (secondary N) is 1. The smallest absolute Gasteiger partial charge is 0.263 e. The summed E-state index contributed by atoms with van der Waals surface area (Å²) in [6.45, 7) is 2.72. The molecule has 11 heteroatoms. The molecule has 0 saturated carbocycles. The first-order chi connectivity index (χ1) is 11.8. The number of piperidine rings is 1. The average Bonchev–Trinajstić information content (AvgIpc) is 3.28. The fourth-order valence-corrected chi connectivity index (χ4v) is 3.27. The lowest BCUT2D eigenvalue weighted by Gasteiger charge is -2.31.